The first-order valence-corrected chi connectivity index (χ1v) is 8.27. The maximum Gasteiger partial charge on any atom is 0.203 e. The highest BCUT2D eigenvalue weighted by molar-refractivity contribution is 6.16. The molecule has 138 valence electrons. The van der Waals surface area contributed by atoms with Gasteiger partial charge in [0.15, 0.2) is 23.0 Å². The predicted molar refractivity (Wildman–Crippen MR) is 99.9 cm³/mol. The van der Waals surface area contributed by atoms with Gasteiger partial charge in [-0.1, -0.05) is 0 Å². The minimum Gasteiger partial charge on any atom is -0.493 e. The van der Waals surface area contributed by atoms with Crippen LogP contribution in [0, 0.1) is 0 Å². The van der Waals surface area contributed by atoms with Crippen LogP contribution >= 0.6 is 0 Å². The van der Waals surface area contributed by atoms with Gasteiger partial charge in [-0.2, -0.15) is 0 Å². The van der Waals surface area contributed by atoms with E-state index < -0.39 is 0 Å². The second-order valence-electron chi connectivity index (χ2n) is 5.73. The molecule has 0 N–H and O–H groups in total. The lowest BCUT2D eigenvalue weighted by atomic mass is 9.91. The minimum absolute atomic E-state index is 0.559. The molecule has 6 nitrogen and oxygen atoms in total. The summed E-state index contributed by atoms with van der Waals surface area (Å²) in [5.74, 6) is 3.15. The molecule has 0 unspecified atom stereocenters. The summed E-state index contributed by atoms with van der Waals surface area (Å²) in [5.41, 5.74) is 3.79. The molecule has 6 heteroatoms. The number of hydrogen-bond donors (Lipinski definition) is 0. The Morgan fingerprint density at radius 1 is 0.731 bits per heavy atom. The van der Waals surface area contributed by atoms with Crippen molar-refractivity contribution >= 4 is 5.71 Å². The normalized spacial score (nSPS) is 12.7. The van der Waals surface area contributed by atoms with Gasteiger partial charge in [0, 0.05) is 17.7 Å². The summed E-state index contributed by atoms with van der Waals surface area (Å²) in [5, 5.41) is 0. The Balaban J connectivity index is 2.21. The highest BCUT2D eigenvalue weighted by Gasteiger charge is 2.27. The van der Waals surface area contributed by atoms with Crippen molar-refractivity contribution in [3.05, 3.63) is 41.0 Å². The Morgan fingerprint density at radius 3 is 2.04 bits per heavy atom. The summed E-state index contributed by atoms with van der Waals surface area (Å²) in [4.78, 5) is 4.76. The first-order valence-electron chi connectivity index (χ1n) is 8.27. The van der Waals surface area contributed by atoms with Crippen molar-refractivity contribution in [3.8, 4) is 28.7 Å². The van der Waals surface area contributed by atoms with Gasteiger partial charge in [0.2, 0.25) is 5.75 Å². The van der Waals surface area contributed by atoms with E-state index in [4.69, 9.17) is 28.7 Å². The van der Waals surface area contributed by atoms with Crippen molar-refractivity contribution in [2.75, 3.05) is 42.1 Å². The summed E-state index contributed by atoms with van der Waals surface area (Å²) in [7, 11) is 8.08. The number of aliphatic imine (C=N–C) groups is 1. The number of hydrogen-bond acceptors (Lipinski definition) is 6. The van der Waals surface area contributed by atoms with E-state index in [0.717, 1.165) is 28.8 Å². The molecule has 0 amide bonds. The van der Waals surface area contributed by atoms with Gasteiger partial charge in [-0.3, -0.25) is 4.99 Å². The highest BCUT2D eigenvalue weighted by Crippen LogP contribution is 2.44. The third-order valence-corrected chi connectivity index (χ3v) is 4.46. The van der Waals surface area contributed by atoms with Gasteiger partial charge < -0.3 is 23.7 Å². The molecule has 2 aromatic rings. The quantitative estimate of drug-likeness (QED) is 0.795. The molecule has 0 aliphatic carbocycles. The minimum atomic E-state index is 0.559. The van der Waals surface area contributed by atoms with E-state index in [-0.39, 0.29) is 0 Å². The van der Waals surface area contributed by atoms with Gasteiger partial charge in [0.25, 0.3) is 0 Å². The number of rotatable bonds is 6. The second kappa shape index (κ2) is 7.56. The zero-order valence-electron chi connectivity index (χ0n) is 15.7. The van der Waals surface area contributed by atoms with Crippen molar-refractivity contribution in [3.63, 3.8) is 0 Å². The Morgan fingerprint density at radius 2 is 1.42 bits per heavy atom. The van der Waals surface area contributed by atoms with Crippen LogP contribution in [0.1, 0.15) is 16.7 Å². The molecule has 1 aliphatic rings. The van der Waals surface area contributed by atoms with Crippen LogP contribution in [0.25, 0.3) is 0 Å². The SMILES string of the molecule is COc1ccc(C2=NCCc3cc(OC)c(OC)c(OC)c32)cc1OC. The Hall–Kier alpha value is -2.89. The van der Waals surface area contributed by atoms with Crippen molar-refractivity contribution in [1.29, 1.82) is 0 Å². The van der Waals surface area contributed by atoms with Crippen molar-refractivity contribution in [1.82, 2.24) is 0 Å². The van der Waals surface area contributed by atoms with Crippen molar-refractivity contribution in [2.45, 2.75) is 6.42 Å². The largest absolute Gasteiger partial charge is 0.493 e. The standard InChI is InChI=1S/C20H23NO5/c1-22-14-7-6-13(11-15(14)23-2)18-17-12(8-9-21-18)10-16(24-3)19(25-4)20(17)26-5/h6-7,10-11H,8-9H2,1-5H3. The van der Waals surface area contributed by atoms with Gasteiger partial charge in [0.1, 0.15) is 0 Å². The molecule has 26 heavy (non-hydrogen) atoms. The summed E-state index contributed by atoms with van der Waals surface area (Å²) < 4.78 is 27.5. The molecular weight excluding hydrogens is 334 g/mol. The van der Waals surface area contributed by atoms with E-state index in [1.807, 2.05) is 24.3 Å². The molecule has 0 saturated carbocycles. The first-order chi connectivity index (χ1) is 12.7. The molecule has 3 rings (SSSR count). The first kappa shape index (κ1) is 17.9. The van der Waals surface area contributed by atoms with Crippen LogP contribution in [-0.2, 0) is 6.42 Å². The van der Waals surface area contributed by atoms with E-state index in [1.54, 1.807) is 35.5 Å². The molecule has 0 radical (unpaired) electrons. The second-order valence-corrected chi connectivity index (χ2v) is 5.73. The van der Waals surface area contributed by atoms with Gasteiger partial charge in [-0.15, -0.1) is 0 Å². The monoisotopic (exact) mass is 357 g/mol. The molecular formula is C20H23NO5. The van der Waals surface area contributed by atoms with Crippen LogP contribution in [0.4, 0.5) is 0 Å². The molecule has 2 aromatic carbocycles. The summed E-state index contributed by atoms with van der Waals surface area (Å²) in [6.07, 6.45) is 0.808. The van der Waals surface area contributed by atoms with E-state index in [1.165, 1.54) is 0 Å². The summed E-state index contributed by atoms with van der Waals surface area (Å²) in [6, 6.07) is 7.75. The van der Waals surface area contributed by atoms with Crippen LogP contribution in [0.15, 0.2) is 29.3 Å². The number of methoxy groups -OCH3 is 5. The van der Waals surface area contributed by atoms with E-state index >= 15 is 0 Å². The fourth-order valence-corrected chi connectivity index (χ4v) is 3.25. The van der Waals surface area contributed by atoms with Crippen LogP contribution in [0.2, 0.25) is 0 Å². The van der Waals surface area contributed by atoms with Crippen molar-refractivity contribution < 1.29 is 23.7 Å². The zero-order chi connectivity index (χ0) is 18.7. The maximum absolute atomic E-state index is 5.69. The molecule has 0 fully saturated rings. The van der Waals surface area contributed by atoms with Gasteiger partial charge in [-0.05, 0) is 36.2 Å². The molecule has 1 aliphatic heterocycles. The topological polar surface area (TPSA) is 58.5 Å². The van der Waals surface area contributed by atoms with E-state index in [2.05, 4.69) is 0 Å². The number of fused-ring (bicyclic) bond motifs is 1. The third-order valence-electron chi connectivity index (χ3n) is 4.46. The van der Waals surface area contributed by atoms with E-state index in [9.17, 15) is 0 Å². The molecule has 0 saturated heterocycles. The fraction of sp³-hybridized carbons (Fsp3) is 0.350. The highest BCUT2D eigenvalue weighted by atomic mass is 16.5. The molecule has 1 heterocycles. The fourth-order valence-electron chi connectivity index (χ4n) is 3.25. The van der Waals surface area contributed by atoms with Crippen LogP contribution in [0.3, 0.4) is 0 Å². The lowest BCUT2D eigenvalue weighted by Crippen LogP contribution is -2.17. The van der Waals surface area contributed by atoms with Crippen LogP contribution in [-0.4, -0.2) is 47.8 Å². The summed E-state index contributed by atoms with van der Waals surface area (Å²) >= 11 is 0. The number of nitrogens with zero attached hydrogens (tertiary/aromatic N) is 1. The van der Waals surface area contributed by atoms with Crippen molar-refractivity contribution in [2.24, 2.45) is 4.99 Å². The number of benzene rings is 2. The van der Waals surface area contributed by atoms with Crippen LogP contribution in [0.5, 0.6) is 28.7 Å². The predicted octanol–water partition coefficient (Wildman–Crippen LogP) is 3.12. The molecule has 0 bridgehead atoms. The van der Waals surface area contributed by atoms with Gasteiger partial charge in [0.05, 0.1) is 41.3 Å². The average Bonchev–Trinajstić information content (AvgIpc) is 2.70. The van der Waals surface area contributed by atoms with Gasteiger partial charge >= 0.3 is 0 Å². The Labute approximate surface area is 153 Å². The third kappa shape index (κ3) is 2.92. The lowest BCUT2D eigenvalue weighted by molar-refractivity contribution is 0.323. The Bertz CT molecular complexity index is 845. The van der Waals surface area contributed by atoms with E-state index in [0.29, 0.717) is 35.3 Å². The van der Waals surface area contributed by atoms with Crippen LogP contribution < -0.4 is 23.7 Å². The Kier molecular flexibility index (Phi) is 5.21. The molecule has 0 atom stereocenters. The zero-order valence-corrected chi connectivity index (χ0v) is 15.7. The smallest absolute Gasteiger partial charge is 0.203 e. The average molecular weight is 357 g/mol. The maximum atomic E-state index is 5.69. The molecule has 0 aromatic heterocycles. The lowest BCUT2D eigenvalue weighted by Gasteiger charge is -2.23. The van der Waals surface area contributed by atoms with Gasteiger partial charge in [-0.25, -0.2) is 0 Å². The number of ether oxygens (including phenoxy) is 5. The summed E-state index contributed by atoms with van der Waals surface area (Å²) in [6.45, 7) is 0.690. The molecule has 0 spiro atoms.